The van der Waals surface area contributed by atoms with Gasteiger partial charge in [-0.1, -0.05) is 38.1 Å². The van der Waals surface area contributed by atoms with Gasteiger partial charge >= 0.3 is 0 Å². The van der Waals surface area contributed by atoms with E-state index in [4.69, 9.17) is 0 Å². The fraction of sp³-hybridized carbons (Fsp3) is 0.625. The summed E-state index contributed by atoms with van der Waals surface area (Å²) in [5, 5.41) is 4.64. The van der Waals surface area contributed by atoms with Crippen molar-refractivity contribution in [2.75, 3.05) is 5.75 Å². The third-order valence-electron chi connectivity index (χ3n) is 3.87. The van der Waals surface area contributed by atoms with E-state index in [-0.39, 0.29) is 0 Å². The van der Waals surface area contributed by atoms with Gasteiger partial charge in [-0.25, -0.2) is 0 Å². The predicted molar refractivity (Wildman–Crippen MR) is 82.2 cm³/mol. The van der Waals surface area contributed by atoms with Crippen LogP contribution >= 0.6 is 11.8 Å². The topological polar surface area (TPSA) is 12.0 Å². The van der Waals surface area contributed by atoms with Crippen molar-refractivity contribution in [1.29, 1.82) is 0 Å². The number of hydrogen-bond donors (Lipinski definition) is 1. The fourth-order valence-electron chi connectivity index (χ4n) is 2.84. The lowest BCUT2D eigenvalue weighted by Crippen LogP contribution is -2.26. The van der Waals surface area contributed by atoms with Crippen molar-refractivity contribution in [1.82, 2.24) is 5.32 Å². The summed E-state index contributed by atoms with van der Waals surface area (Å²) in [6, 6.07) is 9.55. The highest BCUT2D eigenvalue weighted by Crippen LogP contribution is 2.29. The maximum Gasteiger partial charge on any atom is 0.0210 e. The Bertz CT molecular complexity index is 364. The van der Waals surface area contributed by atoms with Crippen LogP contribution in [-0.2, 0) is 13.0 Å². The Hall–Kier alpha value is -0.470. The monoisotopic (exact) mass is 263 g/mol. The van der Waals surface area contributed by atoms with Crippen molar-refractivity contribution in [3.05, 3.63) is 35.4 Å². The standard InChI is InChI=1S/C16H25NS/c1-3-13-7-5-6-8-14(13)12-17-15-9-10-16(11-15)18-4-2/h5-8,15-17H,3-4,9-12H2,1-2H3. The molecule has 0 radical (unpaired) electrons. The Kier molecular flexibility index (Phi) is 5.58. The number of aryl methyl sites for hydroxylation is 1. The van der Waals surface area contributed by atoms with Crippen molar-refractivity contribution in [3.8, 4) is 0 Å². The molecule has 0 spiro atoms. The van der Waals surface area contributed by atoms with Crippen LogP contribution < -0.4 is 5.32 Å². The second kappa shape index (κ2) is 7.20. The Balaban J connectivity index is 1.81. The first kappa shape index (κ1) is 14.0. The molecule has 2 heteroatoms. The summed E-state index contributed by atoms with van der Waals surface area (Å²) in [7, 11) is 0. The van der Waals surface area contributed by atoms with E-state index in [2.05, 4.69) is 55.2 Å². The first-order valence-corrected chi connectivity index (χ1v) is 8.30. The smallest absolute Gasteiger partial charge is 0.0210 e. The second-order valence-corrected chi connectivity index (χ2v) is 6.67. The minimum Gasteiger partial charge on any atom is -0.310 e. The fourth-order valence-corrected chi connectivity index (χ4v) is 3.98. The molecule has 1 aliphatic carbocycles. The van der Waals surface area contributed by atoms with Gasteiger partial charge in [-0.05, 0) is 42.6 Å². The lowest BCUT2D eigenvalue weighted by Gasteiger charge is -2.15. The van der Waals surface area contributed by atoms with Gasteiger partial charge in [0.1, 0.15) is 0 Å². The third-order valence-corrected chi connectivity index (χ3v) is 5.10. The summed E-state index contributed by atoms with van der Waals surface area (Å²) in [5.74, 6) is 1.26. The Morgan fingerprint density at radius 1 is 1.17 bits per heavy atom. The highest BCUT2D eigenvalue weighted by molar-refractivity contribution is 7.99. The van der Waals surface area contributed by atoms with Crippen LogP contribution in [0.1, 0.15) is 44.2 Å². The first-order valence-electron chi connectivity index (χ1n) is 7.25. The van der Waals surface area contributed by atoms with Gasteiger partial charge in [0, 0.05) is 17.8 Å². The van der Waals surface area contributed by atoms with E-state index in [1.807, 2.05) is 0 Å². The number of rotatable bonds is 6. The molecule has 2 unspecified atom stereocenters. The Morgan fingerprint density at radius 3 is 2.67 bits per heavy atom. The molecule has 1 nitrogen and oxygen atoms in total. The van der Waals surface area contributed by atoms with Gasteiger partial charge in [0.15, 0.2) is 0 Å². The molecule has 2 atom stereocenters. The average molecular weight is 263 g/mol. The molecular weight excluding hydrogens is 238 g/mol. The van der Waals surface area contributed by atoms with Crippen molar-refractivity contribution in [2.24, 2.45) is 0 Å². The zero-order valence-electron chi connectivity index (χ0n) is 11.6. The molecule has 1 N–H and O–H groups in total. The number of thioether (sulfide) groups is 1. The van der Waals surface area contributed by atoms with Gasteiger partial charge in [-0.15, -0.1) is 0 Å². The van der Waals surface area contributed by atoms with Crippen LogP contribution in [0.2, 0.25) is 0 Å². The summed E-state index contributed by atoms with van der Waals surface area (Å²) in [5.41, 5.74) is 2.97. The van der Waals surface area contributed by atoms with E-state index < -0.39 is 0 Å². The Morgan fingerprint density at radius 2 is 1.94 bits per heavy atom. The first-order chi connectivity index (χ1) is 8.83. The van der Waals surface area contributed by atoms with Crippen LogP contribution in [0.25, 0.3) is 0 Å². The van der Waals surface area contributed by atoms with Gasteiger partial charge in [-0.3, -0.25) is 0 Å². The lowest BCUT2D eigenvalue weighted by molar-refractivity contribution is 0.524. The van der Waals surface area contributed by atoms with Gasteiger partial charge < -0.3 is 5.32 Å². The zero-order chi connectivity index (χ0) is 12.8. The second-order valence-electron chi connectivity index (χ2n) is 5.09. The van der Waals surface area contributed by atoms with Crippen LogP contribution in [0.4, 0.5) is 0 Å². The van der Waals surface area contributed by atoms with Crippen LogP contribution in [0, 0.1) is 0 Å². The molecule has 1 aromatic rings. The highest BCUT2D eigenvalue weighted by Gasteiger charge is 2.23. The van der Waals surface area contributed by atoms with E-state index in [0.717, 1.165) is 24.3 Å². The minimum atomic E-state index is 0.735. The van der Waals surface area contributed by atoms with E-state index in [1.54, 1.807) is 0 Å². The molecule has 0 aliphatic heterocycles. The molecular formula is C16H25NS. The lowest BCUT2D eigenvalue weighted by atomic mass is 10.1. The van der Waals surface area contributed by atoms with Crippen LogP contribution in [-0.4, -0.2) is 17.0 Å². The summed E-state index contributed by atoms with van der Waals surface area (Å²) in [6.07, 6.45) is 5.24. The molecule has 0 saturated heterocycles. The molecule has 2 rings (SSSR count). The van der Waals surface area contributed by atoms with E-state index in [0.29, 0.717) is 0 Å². The van der Waals surface area contributed by atoms with Gasteiger partial charge in [0.2, 0.25) is 0 Å². The minimum absolute atomic E-state index is 0.735. The van der Waals surface area contributed by atoms with Gasteiger partial charge in [-0.2, -0.15) is 11.8 Å². The largest absolute Gasteiger partial charge is 0.310 e. The summed E-state index contributed by atoms with van der Waals surface area (Å²) in [4.78, 5) is 0. The molecule has 1 fully saturated rings. The van der Waals surface area contributed by atoms with E-state index >= 15 is 0 Å². The third kappa shape index (κ3) is 3.76. The molecule has 100 valence electrons. The molecule has 1 saturated carbocycles. The number of nitrogens with one attached hydrogen (secondary N) is 1. The summed E-state index contributed by atoms with van der Waals surface area (Å²) < 4.78 is 0. The molecule has 1 aliphatic rings. The van der Waals surface area contributed by atoms with E-state index in [9.17, 15) is 0 Å². The molecule has 1 aromatic carbocycles. The van der Waals surface area contributed by atoms with Crippen molar-refractivity contribution in [3.63, 3.8) is 0 Å². The molecule has 0 aromatic heterocycles. The zero-order valence-corrected chi connectivity index (χ0v) is 12.4. The SMILES string of the molecule is CCSC1CCC(NCc2ccccc2CC)C1. The van der Waals surface area contributed by atoms with Crippen LogP contribution in [0.15, 0.2) is 24.3 Å². The normalized spacial score (nSPS) is 23.4. The number of hydrogen-bond acceptors (Lipinski definition) is 2. The number of benzene rings is 1. The maximum atomic E-state index is 3.75. The quantitative estimate of drug-likeness (QED) is 0.832. The van der Waals surface area contributed by atoms with Crippen molar-refractivity contribution in [2.45, 2.75) is 57.4 Å². The summed E-state index contributed by atoms with van der Waals surface area (Å²) in [6.45, 7) is 5.55. The van der Waals surface area contributed by atoms with Gasteiger partial charge in [0.05, 0.1) is 0 Å². The van der Waals surface area contributed by atoms with Gasteiger partial charge in [0.25, 0.3) is 0 Å². The Labute approximate surface area is 116 Å². The molecule has 0 bridgehead atoms. The highest BCUT2D eigenvalue weighted by atomic mass is 32.2. The van der Waals surface area contributed by atoms with Crippen LogP contribution in [0.5, 0.6) is 0 Å². The van der Waals surface area contributed by atoms with Crippen LogP contribution in [0.3, 0.4) is 0 Å². The molecule has 0 heterocycles. The van der Waals surface area contributed by atoms with E-state index in [1.165, 1.54) is 36.1 Å². The molecule has 0 amide bonds. The van der Waals surface area contributed by atoms with Crippen molar-refractivity contribution >= 4 is 11.8 Å². The predicted octanol–water partition coefficient (Wildman–Crippen LogP) is 4.01. The van der Waals surface area contributed by atoms with Crippen molar-refractivity contribution < 1.29 is 0 Å². The maximum absolute atomic E-state index is 3.75. The molecule has 18 heavy (non-hydrogen) atoms. The average Bonchev–Trinajstić information content (AvgIpc) is 2.85. The summed E-state index contributed by atoms with van der Waals surface area (Å²) >= 11 is 2.13.